The quantitative estimate of drug-likeness (QED) is 0.0261. The topological polar surface area (TPSA) is 78.9 Å². The molecule has 0 aliphatic heterocycles. The molecule has 0 spiro atoms. The molecular formula is C70H114O6. The second kappa shape index (κ2) is 63.1. The second-order valence-electron chi connectivity index (χ2n) is 20.2. The maximum atomic E-state index is 12.9. The van der Waals surface area contributed by atoms with E-state index >= 15 is 0 Å². The van der Waals surface area contributed by atoms with E-state index in [1.54, 1.807) is 0 Å². The lowest BCUT2D eigenvalue weighted by Gasteiger charge is -2.18. The van der Waals surface area contributed by atoms with Crippen LogP contribution in [0.4, 0.5) is 0 Å². The molecule has 430 valence electrons. The van der Waals surface area contributed by atoms with E-state index in [2.05, 4.69) is 154 Å². The van der Waals surface area contributed by atoms with Crippen LogP contribution < -0.4 is 0 Å². The van der Waals surface area contributed by atoms with Crippen LogP contribution in [0.15, 0.2) is 134 Å². The number of rotatable bonds is 55. The lowest BCUT2D eigenvalue weighted by atomic mass is 10.1. The van der Waals surface area contributed by atoms with E-state index in [1.165, 1.54) is 109 Å². The van der Waals surface area contributed by atoms with Gasteiger partial charge in [-0.15, -0.1) is 0 Å². The smallest absolute Gasteiger partial charge is 0.306 e. The van der Waals surface area contributed by atoms with Crippen molar-refractivity contribution in [1.82, 2.24) is 0 Å². The molecular weight excluding hydrogens is 937 g/mol. The molecule has 6 heteroatoms. The van der Waals surface area contributed by atoms with Gasteiger partial charge in [-0.3, -0.25) is 14.4 Å². The minimum atomic E-state index is -0.814. The van der Waals surface area contributed by atoms with E-state index in [9.17, 15) is 14.4 Å². The average molecular weight is 1050 g/mol. The van der Waals surface area contributed by atoms with E-state index in [4.69, 9.17) is 14.2 Å². The summed E-state index contributed by atoms with van der Waals surface area (Å²) in [6.45, 7) is 6.36. The highest BCUT2D eigenvalue weighted by atomic mass is 16.6. The van der Waals surface area contributed by atoms with Gasteiger partial charge in [0.25, 0.3) is 0 Å². The number of hydrogen-bond donors (Lipinski definition) is 0. The van der Waals surface area contributed by atoms with Gasteiger partial charge in [0, 0.05) is 19.3 Å². The standard InChI is InChI=1S/C70H114O6/c1-4-7-10-13-16-19-22-25-28-31-33-34-35-36-37-40-42-45-48-51-54-57-60-63-69(72)75-66-67(65-74-68(71)62-59-56-53-50-47-44-41-38-30-27-24-21-18-15-12-9-6-3)76-70(73)64-61-58-55-52-49-46-43-39-32-29-26-23-20-17-14-11-8-5-2/h7,9-10,12,16,18-19,21,25,27-30,32-34,36-37,41,44,50,53,67H,4-6,8,11,13-15,17,20,22-24,26,31,35,38-40,42-43,45-49,51-52,54-66H2,1-3H3/b10-7-,12-9-,19-16-,21-18-,28-25-,30-27-,32-29-,34-33-,37-36-,44-41-,53-50-. The fourth-order valence-corrected chi connectivity index (χ4v) is 8.26. The molecule has 0 fully saturated rings. The summed E-state index contributed by atoms with van der Waals surface area (Å²) in [5.74, 6) is -0.980. The maximum Gasteiger partial charge on any atom is 0.306 e. The Balaban J connectivity index is 4.49. The number of unbranched alkanes of at least 4 members (excludes halogenated alkanes) is 22. The summed E-state index contributed by atoms with van der Waals surface area (Å²) in [6.07, 6.45) is 88.8. The minimum absolute atomic E-state index is 0.107. The van der Waals surface area contributed by atoms with Crippen LogP contribution >= 0.6 is 0 Å². The highest BCUT2D eigenvalue weighted by Crippen LogP contribution is 2.15. The van der Waals surface area contributed by atoms with Gasteiger partial charge in [0.1, 0.15) is 13.2 Å². The van der Waals surface area contributed by atoms with Gasteiger partial charge in [0.15, 0.2) is 6.10 Å². The van der Waals surface area contributed by atoms with Gasteiger partial charge in [-0.1, -0.05) is 257 Å². The number of allylic oxidation sites excluding steroid dienone is 22. The van der Waals surface area contributed by atoms with Crippen LogP contribution in [0.1, 0.15) is 271 Å². The number of esters is 3. The van der Waals surface area contributed by atoms with Gasteiger partial charge < -0.3 is 14.2 Å². The van der Waals surface area contributed by atoms with Crippen molar-refractivity contribution in [1.29, 1.82) is 0 Å². The predicted octanol–water partition coefficient (Wildman–Crippen LogP) is 21.4. The minimum Gasteiger partial charge on any atom is -0.462 e. The molecule has 0 heterocycles. The number of carbonyl (C=O) groups is 3. The Kier molecular flexibility index (Phi) is 59.4. The molecule has 0 aromatic carbocycles. The molecule has 1 atom stereocenters. The Morgan fingerprint density at radius 1 is 0.276 bits per heavy atom. The Hall–Kier alpha value is -4.45. The van der Waals surface area contributed by atoms with Crippen molar-refractivity contribution in [2.75, 3.05) is 13.2 Å². The van der Waals surface area contributed by atoms with Crippen molar-refractivity contribution in [3.8, 4) is 0 Å². The molecule has 0 saturated carbocycles. The van der Waals surface area contributed by atoms with Crippen LogP contribution in [0.25, 0.3) is 0 Å². The van der Waals surface area contributed by atoms with Gasteiger partial charge in [-0.2, -0.15) is 0 Å². The largest absolute Gasteiger partial charge is 0.462 e. The molecule has 0 rings (SSSR count). The highest BCUT2D eigenvalue weighted by Gasteiger charge is 2.19. The van der Waals surface area contributed by atoms with Crippen LogP contribution in [0.5, 0.6) is 0 Å². The fourth-order valence-electron chi connectivity index (χ4n) is 8.26. The summed E-state index contributed by atoms with van der Waals surface area (Å²) in [7, 11) is 0. The number of carbonyl (C=O) groups excluding carboxylic acids is 3. The van der Waals surface area contributed by atoms with Crippen molar-refractivity contribution >= 4 is 17.9 Å². The van der Waals surface area contributed by atoms with Crippen molar-refractivity contribution in [3.63, 3.8) is 0 Å². The molecule has 0 radical (unpaired) electrons. The molecule has 0 aliphatic carbocycles. The van der Waals surface area contributed by atoms with E-state index in [0.717, 1.165) is 116 Å². The lowest BCUT2D eigenvalue weighted by Crippen LogP contribution is -2.30. The molecule has 0 bridgehead atoms. The first-order valence-corrected chi connectivity index (χ1v) is 31.2. The summed E-state index contributed by atoms with van der Waals surface area (Å²) >= 11 is 0. The van der Waals surface area contributed by atoms with Crippen molar-refractivity contribution in [2.24, 2.45) is 0 Å². The van der Waals surface area contributed by atoms with Crippen molar-refractivity contribution in [2.45, 2.75) is 277 Å². The van der Waals surface area contributed by atoms with Crippen molar-refractivity contribution < 1.29 is 28.6 Å². The Morgan fingerprint density at radius 2 is 0.526 bits per heavy atom. The molecule has 0 amide bonds. The molecule has 1 unspecified atom stereocenters. The molecule has 76 heavy (non-hydrogen) atoms. The molecule has 0 aliphatic rings. The first-order valence-electron chi connectivity index (χ1n) is 31.2. The van der Waals surface area contributed by atoms with E-state index in [-0.39, 0.29) is 37.5 Å². The molecule has 0 aromatic heterocycles. The zero-order chi connectivity index (χ0) is 55.0. The van der Waals surface area contributed by atoms with E-state index < -0.39 is 6.10 Å². The van der Waals surface area contributed by atoms with Gasteiger partial charge in [-0.25, -0.2) is 0 Å². The Bertz CT molecular complexity index is 1630. The molecule has 0 aromatic rings. The molecule has 0 saturated heterocycles. The summed E-state index contributed by atoms with van der Waals surface area (Å²) in [4.78, 5) is 38.3. The monoisotopic (exact) mass is 1050 g/mol. The molecule has 6 nitrogen and oxygen atoms in total. The van der Waals surface area contributed by atoms with Gasteiger partial charge in [0.2, 0.25) is 0 Å². The van der Waals surface area contributed by atoms with Crippen LogP contribution in [-0.2, 0) is 28.6 Å². The molecule has 0 N–H and O–H groups in total. The highest BCUT2D eigenvalue weighted by molar-refractivity contribution is 5.71. The van der Waals surface area contributed by atoms with Gasteiger partial charge in [0.05, 0.1) is 0 Å². The summed E-state index contributed by atoms with van der Waals surface area (Å²) in [6, 6.07) is 0. The van der Waals surface area contributed by atoms with Crippen LogP contribution in [0, 0.1) is 0 Å². The third-order valence-electron chi connectivity index (χ3n) is 12.9. The Morgan fingerprint density at radius 3 is 0.868 bits per heavy atom. The summed E-state index contributed by atoms with van der Waals surface area (Å²) in [5.41, 5.74) is 0. The van der Waals surface area contributed by atoms with Crippen LogP contribution in [0.3, 0.4) is 0 Å². The number of hydrogen-bond acceptors (Lipinski definition) is 6. The van der Waals surface area contributed by atoms with Crippen molar-refractivity contribution in [3.05, 3.63) is 134 Å². The number of ether oxygens (including phenoxy) is 3. The second-order valence-corrected chi connectivity index (χ2v) is 20.2. The fraction of sp³-hybridized carbons (Fsp3) is 0.643. The third kappa shape index (κ3) is 60.4. The van der Waals surface area contributed by atoms with Crippen LogP contribution in [0.2, 0.25) is 0 Å². The summed E-state index contributed by atoms with van der Waals surface area (Å²) in [5, 5.41) is 0. The van der Waals surface area contributed by atoms with Gasteiger partial charge in [-0.05, 0) is 128 Å². The van der Waals surface area contributed by atoms with Crippen LogP contribution in [-0.4, -0.2) is 37.2 Å². The SMILES string of the molecule is CC/C=C\C/C=C\C/C=C\C/C=C\C/C=C\CCCCCCCCCC(=O)OCC(COC(=O)CCC/C=C\C/C=C\C/C=C\C/C=C\C/C=C\CC)OC(=O)CCCCCCCCC/C=C\CCCCCCCCC. The normalized spacial score (nSPS) is 13.0. The van der Waals surface area contributed by atoms with E-state index in [0.29, 0.717) is 19.3 Å². The van der Waals surface area contributed by atoms with Gasteiger partial charge >= 0.3 is 17.9 Å². The summed E-state index contributed by atoms with van der Waals surface area (Å²) < 4.78 is 16.9. The zero-order valence-electron chi connectivity index (χ0n) is 49.2. The van der Waals surface area contributed by atoms with E-state index in [1.807, 2.05) is 0 Å². The average Bonchev–Trinajstić information content (AvgIpc) is 3.42. The first-order chi connectivity index (χ1) is 37.5. The zero-order valence-corrected chi connectivity index (χ0v) is 49.2. The maximum absolute atomic E-state index is 12.9. The third-order valence-corrected chi connectivity index (χ3v) is 12.9. The Labute approximate surface area is 468 Å². The first kappa shape index (κ1) is 71.5. The predicted molar refractivity (Wildman–Crippen MR) is 329 cm³/mol. The lowest BCUT2D eigenvalue weighted by molar-refractivity contribution is -0.167.